The van der Waals surface area contributed by atoms with Gasteiger partial charge in [0.2, 0.25) is 17.7 Å². The highest BCUT2D eigenvalue weighted by Crippen LogP contribution is 2.13. The summed E-state index contributed by atoms with van der Waals surface area (Å²) in [7, 11) is 0. The number of carbonyl (C=O) groups is 3. The first-order valence-corrected chi connectivity index (χ1v) is 6.17. The highest BCUT2D eigenvalue weighted by atomic mass is 32.1. The van der Waals surface area contributed by atoms with Crippen LogP contribution >= 0.6 is 12.2 Å². The van der Waals surface area contributed by atoms with Gasteiger partial charge in [-0.3, -0.25) is 19.7 Å². The van der Waals surface area contributed by atoms with Gasteiger partial charge in [-0.25, -0.2) is 0 Å². The maximum absolute atomic E-state index is 12.0. The highest BCUT2D eigenvalue weighted by molar-refractivity contribution is 7.80. The second-order valence-electron chi connectivity index (χ2n) is 4.64. The Morgan fingerprint density at radius 2 is 2.11 bits per heavy atom. The van der Waals surface area contributed by atoms with Gasteiger partial charge in [-0.05, 0) is 12.3 Å². The van der Waals surface area contributed by atoms with Crippen LogP contribution in [0, 0.1) is 11.8 Å². The lowest BCUT2D eigenvalue weighted by atomic mass is 9.94. The van der Waals surface area contributed by atoms with E-state index in [1.807, 2.05) is 13.8 Å². The van der Waals surface area contributed by atoms with E-state index in [0.717, 1.165) is 0 Å². The molecular weight excluding hydrogens is 254 g/mol. The number of hydrogen-bond acceptors (Lipinski definition) is 4. The number of nitrogens with one attached hydrogen (secondary N) is 2. The molecule has 2 unspecified atom stereocenters. The molecule has 6 nitrogen and oxygen atoms in total. The van der Waals surface area contributed by atoms with E-state index >= 15 is 0 Å². The van der Waals surface area contributed by atoms with Crippen molar-refractivity contribution in [3.05, 3.63) is 0 Å². The Morgan fingerprint density at radius 3 is 2.56 bits per heavy atom. The summed E-state index contributed by atoms with van der Waals surface area (Å²) in [5.74, 6) is -1.82. The lowest BCUT2D eigenvalue weighted by molar-refractivity contribution is -0.137. The van der Waals surface area contributed by atoms with Gasteiger partial charge in [0.05, 0.1) is 10.9 Å². The van der Waals surface area contributed by atoms with Crippen molar-refractivity contribution in [3.63, 3.8) is 0 Å². The van der Waals surface area contributed by atoms with E-state index in [1.165, 1.54) is 0 Å². The molecule has 0 aliphatic carbocycles. The van der Waals surface area contributed by atoms with Crippen molar-refractivity contribution in [2.45, 2.75) is 32.7 Å². The van der Waals surface area contributed by atoms with Crippen molar-refractivity contribution in [2.75, 3.05) is 0 Å². The number of rotatable bonds is 4. The van der Waals surface area contributed by atoms with Gasteiger partial charge < -0.3 is 11.1 Å². The van der Waals surface area contributed by atoms with Crippen LogP contribution in [0.2, 0.25) is 0 Å². The molecule has 100 valence electrons. The molecule has 0 aromatic carbocycles. The molecule has 1 saturated heterocycles. The molecule has 1 fully saturated rings. The molecule has 7 heteroatoms. The summed E-state index contributed by atoms with van der Waals surface area (Å²) >= 11 is 4.85. The number of thiocarbonyl (C=S) groups is 1. The van der Waals surface area contributed by atoms with E-state index in [4.69, 9.17) is 18.0 Å². The second-order valence-corrected chi connectivity index (χ2v) is 5.11. The number of nitrogens with two attached hydrogens (primary N) is 1. The predicted octanol–water partition coefficient (Wildman–Crippen LogP) is -0.534. The van der Waals surface area contributed by atoms with E-state index in [0.29, 0.717) is 6.42 Å². The van der Waals surface area contributed by atoms with E-state index in [9.17, 15) is 14.4 Å². The average Bonchev–Trinajstić information content (AvgIpc) is 2.21. The lowest BCUT2D eigenvalue weighted by Gasteiger charge is -2.25. The van der Waals surface area contributed by atoms with Crippen molar-refractivity contribution in [1.82, 2.24) is 10.6 Å². The van der Waals surface area contributed by atoms with Gasteiger partial charge in [-0.1, -0.05) is 26.1 Å². The minimum atomic E-state index is -0.689. The first-order chi connectivity index (χ1) is 8.32. The smallest absolute Gasteiger partial charge is 0.249 e. The zero-order valence-corrected chi connectivity index (χ0v) is 11.2. The van der Waals surface area contributed by atoms with Crippen LogP contribution in [0.4, 0.5) is 0 Å². The molecule has 1 rings (SSSR count). The number of amides is 3. The van der Waals surface area contributed by atoms with Crippen molar-refractivity contribution in [1.29, 1.82) is 0 Å². The molecule has 2 atom stereocenters. The molecule has 1 heterocycles. The number of hydrogen-bond donors (Lipinski definition) is 3. The van der Waals surface area contributed by atoms with Crippen LogP contribution in [-0.2, 0) is 14.4 Å². The SMILES string of the molecule is CC(C)C(C(=O)NC1CCC(=O)NC1=O)C(N)=S. The third-order valence-corrected chi connectivity index (χ3v) is 3.07. The third kappa shape index (κ3) is 3.49. The Hall–Kier alpha value is -1.50. The molecular formula is C11H17N3O3S. The van der Waals surface area contributed by atoms with Crippen LogP contribution in [-0.4, -0.2) is 28.8 Å². The minimum Gasteiger partial charge on any atom is -0.393 e. The first-order valence-electron chi connectivity index (χ1n) is 5.76. The summed E-state index contributed by atoms with van der Waals surface area (Å²) in [5.41, 5.74) is 5.52. The topological polar surface area (TPSA) is 101 Å². The fourth-order valence-corrected chi connectivity index (χ4v) is 2.23. The molecule has 0 saturated carbocycles. The molecule has 0 radical (unpaired) electrons. The van der Waals surface area contributed by atoms with Crippen LogP contribution in [0.15, 0.2) is 0 Å². The van der Waals surface area contributed by atoms with Gasteiger partial charge in [0.25, 0.3) is 0 Å². The molecule has 3 amide bonds. The Balaban J connectivity index is 2.66. The van der Waals surface area contributed by atoms with Gasteiger partial charge in [0.1, 0.15) is 6.04 Å². The number of carbonyl (C=O) groups excluding carboxylic acids is 3. The molecule has 1 aliphatic heterocycles. The fourth-order valence-electron chi connectivity index (χ4n) is 1.85. The zero-order valence-electron chi connectivity index (χ0n) is 10.4. The summed E-state index contributed by atoms with van der Waals surface area (Å²) in [5, 5.41) is 4.76. The molecule has 4 N–H and O–H groups in total. The van der Waals surface area contributed by atoms with Crippen LogP contribution in [0.1, 0.15) is 26.7 Å². The molecule has 1 aliphatic rings. The zero-order chi connectivity index (χ0) is 13.9. The molecule has 0 bridgehead atoms. The van der Waals surface area contributed by atoms with Crippen LogP contribution in [0.25, 0.3) is 0 Å². The Bertz CT molecular complexity index is 395. The van der Waals surface area contributed by atoms with Crippen molar-refractivity contribution >= 4 is 34.9 Å². The second kappa shape index (κ2) is 5.90. The summed E-state index contributed by atoms with van der Waals surface area (Å²) in [6, 6.07) is -0.689. The maximum Gasteiger partial charge on any atom is 0.249 e. The van der Waals surface area contributed by atoms with E-state index in [-0.39, 0.29) is 29.1 Å². The van der Waals surface area contributed by atoms with Crippen molar-refractivity contribution < 1.29 is 14.4 Å². The Kier molecular flexibility index (Phi) is 4.77. The largest absolute Gasteiger partial charge is 0.393 e. The molecule has 0 aromatic rings. The fraction of sp³-hybridized carbons (Fsp3) is 0.636. The summed E-state index contributed by atoms with van der Waals surface area (Å²) in [4.78, 5) is 34.5. The number of piperidine rings is 1. The number of imide groups is 1. The molecule has 0 spiro atoms. The standard InChI is InChI=1S/C11H17N3O3S/c1-5(2)8(9(12)18)11(17)13-6-3-4-7(15)14-10(6)16/h5-6,8H,3-4H2,1-2H3,(H2,12,18)(H,13,17)(H,14,15,16). The Labute approximate surface area is 111 Å². The minimum absolute atomic E-state index is 0.0456. The average molecular weight is 271 g/mol. The van der Waals surface area contributed by atoms with Crippen LogP contribution in [0.3, 0.4) is 0 Å². The highest BCUT2D eigenvalue weighted by Gasteiger charge is 2.32. The third-order valence-electron chi connectivity index (χ3n) is 2.81. The van der Waals surface area contributed by atoms with Crippen molar-refractivity contribution in [3.8, 4) is 0 Å². The van der Waals surface area contributed by atoms with E-state index in [1.54, 1.807) is 0 Å². The summed E-state index contributed by atoms with van der Waals surface area (Å²) < 4.78 is 0. The quantitative estimate of drug-likeness (QED) is 0.471. The van der Waals surface area contributed by atoms with Gasteiger partial charge in [-0.2, -0.15) is 0 Å². The molecule has 18 heavy (non-hydrogen) atoms. The van der Waals surface area contributed by atoms with Gasteiger partial charge in [-0.15, -0.1) is 0 Å². The Morgan fingerprint density at radius 1 is 1.50 bits per heavy atom. The van der Waals surface area contributed by atoms with E-state index in [2.05, 4.69) is 10.6 Å². The first kappa shape index (κ1) is 14.6. The maximum atomic E-state index is 12.0. The normalized spacial score (nSPS) is 21.4. The van der Waals surface area contributed by atoms with Crippen LogP contribution < -0.4 is 16.4 Å². The monoisotopic (exact) mass is 271 g/mol. The lowest BCUT2D eigenvalue weighted by Crippen LogP contribution is -2.54. The van der Waals surface area contributed by atoms with Crippen molar-refractivity contribution in [2.24, 2.45) is 17.6 Å². The summed E-state index contributed by atoms with van der Waals surface area (Å²) in [6.07, 6.45) is 0.522. The molecule has 0 aromatic heterocycles. The van der Waals surface area contributed by atoms with Gasteiger partial charge >= 0.3 is 0 Å². The summed E-state index contributed by atoms with van der Waals surface area (Å²) in [6.45, 7) is 3.65. The van der Waals surface area contributed by atoms with Gasteiger partial charge in [0.15, 0.2) is 0 Å². The van der Waals surface area contributed by atoms with E-state index < -0.39 is 17.9 Å². The predicted molar refractivity (Wildman–Crippen MR) is 69.4 cm³/mol. The van der Waals surface area contributed by atoms with Gasteiger partial charge in [0, 0.05) is 6.42 Å². The van der Waals surface area contributed by atoms with Crippen LogP contribution in [0.5, 0.6) is 0 Å².